The number of hydrogen-bond acceptors (Lipinski definition) is 3. The molecule has 0 saturated carbocycles. The molecule has 0 spiro atoms. The van der Waals surface area contributed by atoms with Crippen molar-refractivity contribution in [3.63, 3.8) is 0 Å². The maximum Gasteiger partial charge on any atom is 0.113 e. The summed E-state index contributed by atoms with van der Waals surface area (Å²) in [6.45, 7) is -0.0499. The minimum atomic E-state index is -0.0499. The third-order valence-corrected chi connectivity index (χ3v) is 0.945. The third-order valence-electron chi connectivity index (χ3n) is 0.945. The fraction of sp³-hybridized carbons (Fsp3) is 0.167. The number of rotatable bonds is 2. The highest BCUT2D eigenvalue weighted by Crippen LogP contribution is 1.99. The van der Waals surface area contributed by atoms with Crippen molar-refractivity contribution in [2.75, 3.05) is 12.0 Å². The van der Waals surface area contributed by atoms with Crippen LogP contribution in [0.2, 0.25) is 0 Å². The number of hydrogen-bond donors (Lipinski definition) is 2. The molecule has 1 aromatic heterocycles. The molecule has 0 amide bonds. The molecule has 3 nitrogen and oxygen atoms in total. The summed E-state index contributed by atoms with van der Waals surface area (Å²) < 4.78 is 0. The Morgan fingerprint density at radius 2 is 2.40 bits per heavy atom. The Bertz CT molecular complexity index is 169. The summed E-state index contributed by atoms with van der Waals surface area (Å²) in [6.07, 6.45) is 3.33. The molecule has 56 valence electrons. The molecule has 1 aromatic rings. The molecule has 0 aromatic carbocycles. The summed E-state index contributed by atoms with van der Waals surface area (Å²) in [5, 5.41) is 11.1. The van der Waals surface area contributed by atoms with Crippen LogP contribution in [0.5, 0.6) is 0 Å². The minimum absolute atomic E-state index is 0. The Kier molecular flexibility index (Phi) is 4.62. The number of aliphatic hydroxyl groups is 1. The van der Waals surface area contributed by atoms with E-state index in [0.717, 1.165) is 5.69 Å². The van der Waals surface area contributed by atoms with Gasteiger partial charge in [0.15, 0.2) is 0 Å². The molecule has 10 heavy (non-hydrogen) atoms. The molecule has 0 saturated heterocycles. The molecule has 0 aliphatic carbocycles. The van der Waals surface area contributed by atoms with Crippen LogP contribution >= 0.6 is 12.4 Å². The van der Waals surface area contributed by atoms with Crippen LogP contribution in [0.1, 0.15) is 0 Å². The van der Waals surface area contributed by atoms with Crippen LogP contribution in [0.4, 0.5) is 5.69 Å². The van der Waals surface area contributed by atoms with Crippen molar-refractivity contribution in [2.24, 2.45) is 0 Å². The highest BCUT2D eigenvalue weighted by atomic mass is 35.5. The van der Waals surface area contributed by atoms with Crippen LogP contribution in [0.25, 0.3) is 0 Å². The van der Waals surface area contributed by atoms with Crippen LogP contribution in [0.15, 0.2) is 24.5 Å². The molecule has 1 rings (SSSR count). The van der Waals surface area contributed by atoms with Gasteiger partial charge in [0.2, 0.25) is 0 Å². The van der Waals surface area contributed by atoms with Crippen molar-refractivity contribution in [3.05, 3.63) is 24.5 Å². The molecule has 0 atom stereocenters. The highest BCUT2D eigenvalue weighted by molar-refractivity contribution is 5.85. The van der Waals surface area contributed by atoms with Crippen LogP contribution in [-0.4, -0.2) is 16.8 Å². The zero-order valence-corrected chi connectivity index (χ0v) is 6.14. The molecule has 0 bridgehead atoms. The van der Waals surface area contributed by atoms with Gasteiger partial charge in [-0.25, -0.2) is 0 Å². The lowest BCUT2D eigenvalue weighted by Crippen LogP contribution is -1.98. The lowest BCUT2D eigenvalue weighted by Gasteiger charge is -1.97. The zero-order chi connectivity index (χ0) is 6.53. The van der Waals surface area contributed by atoms with Crippen molar-refractivity contribution in [1.29, 1.82) is 0 Å². The Hall–Kier alpha value is -0.800. The number of nitrogens with zero attached hydrogens (tertiary/aromatic N) is 1. The molecule has 0 unspecified atom stereocenters. The highest BCUT2D eigenvalue weighted by Gasteiger charge is 1.83. The van der Waals surface area contributed by atoms with Gasteiger partial charge in [0.05, 0.1) is 5.69 Å². The normalized spacial score (nSPS) is 8.10. The number of anilines is 1. The van der Waals surface area contributed by atoms with E-state index in [2.05, 4.69) is 10.3 Å². The van der Waals surface area contributed by atoms with Gasteiger partial charge in [-0.1, -0.05) is 0 Å². The minimum Gasteiger partial charge on any atom is -0.377 e. The van der Waals surface area contributed by atoms with Gasteiger partial charge in [0, 0.05) is 12.4 Å². The predicted molar refractivity (Wildman–Crippen MR) is 42.2 cm³/mol. The van der Waals surface area contributed by atoms with Crippen molar-refractivity contribution in [2.45, 2.75) is 0 Å². The van der Waals surface area contributed by atoms with Gasteiger partial charge >= 0.3 is 0 Å². The summed E-state index contributed by atoms with van der Waals surface area (Å²) >= 11 is 0. The molecule has 4 heteroatoms. The van der Waals surface area contributed by atoms with Gasteiger partial charge < -0.3 is 10.4 Å². The average molecular weight is 161 g/mol. The largest absolute Gasteiger partial charge is 0.377 e. The zero-order valence-electron chi connectivity index (χ0n) is 5.32. The number of aromatic nitrogens is 1. The van der Waals surface area contributed by atoms with E-state index in [9.17, 15) is 0 Å². The van der Waals surface area contributed by atoms with E-state index < -0.39 is 0 Å². The van der Waals surface area contributed by atoms with Gasteiger partial charge in [0.25, 0.3) is 0 Å². The Balaban J connectivity index is 0.000000810. The van der Waals surface area contributed by atoms with Crippen LogP contribution in [-0.2, 0) is 0 Å². The van der Waals surface area contributed by atoms with E-state index in [-0.39, 0.29) is 19.1 Å². The predicted octanol–water partition coefficient (Wildman–Crippen LogP) is 0.865. The second kappa shape index (κ2) is 5.02. The van der Waals surface area contributed by atoms with E-state index in [1.807, 2.05) is 6.07 Å². The quantitative estimate of drug-likeness (QED) is 0.631. The van der Waals surface area contributed by atoms with Gasteiger partial charge in [0.1, 0.15) is 6.73 Å². The lowest BCUT2D eigenvalue weighted by molar-refractivity contribution is 0.325. The Labute approximate surface area is 65.5 Å². The lowest BCUT2D eigenvalue weighted by atomic mass is 10.4. The fourth-order valence-electron chi connectivity index (χ4n) is 0.559. The number of pyridine rings is 1. The third kappa shape index (κ3) is 2.66. The van der Waals surface area contributed by atoms with Crippen molar-refractivity contribution < 1.29 is 5.11 Å². The standard InChI is InChI=1S/C6H8N2O.ClH/c9-5-8-6-2-1-3-7-4-6;/h1-4,8-9H,5H2;1H. The topological polar surface area (TPSA) is 45.1 Å². The van der Waals surface area contributed by atoms with Crippen molar-refractivity contribution in [1.82, 2.24) is 4.98 Å². The van der Waals surface area contributed by atoms with E-state index in [1.54, 1.807) is 18.5 Å². The summed E-state index contributed by atoms with van der Waals surface area (Å²) in [4.78, 5) is 3.83. The molecule has 0 radical (unpaired) electrons. The average Bonchev–Trinajstić information content (AvgIpc) is 1.91. The number of nitrogens with one attached hydrogen (secondary N) is 1. The number of aliphatic hydroxyl groups excluding tert-OH is 1. The van der Waals surface area contributed by atoms with E-state index >= 15 is 0 Å². The molecule has 1 heterocycles. The Morgan fingerprint density at radius 1 is 1.60 bits per heavy atom. The van der Waals surface area contributed by atoms with Gasteiger partial charge in [-0.05, 0) is 12.1 Å². The maximum atomic E-state index is 8.38. The second-order valence-corrected chi connectivity index (χ2v) is 1.58. The summed E-state index contributed by atoms with van der Waals surface area (Å²) in [7, 11) is 0. The van der Waals surface area contributed by atoms with Crippen LogP contribution in [0, 0.1) is 0 Å². The molecule has 0 aliphatic rings. The summed E-state index contributed by atoms with van der Waals surface area (Å²) in [5.41, 5.74) is 0.833. The molecule has 0 fully saturated rings. The van der Waals surface area contributed by atoms with E-state index in [0.29, 0.717) is 0 Å². The monoisotopic (exact) mass is 160 g/mol. The second-order valence-electron chi connectivity index (χ2n) is 1.58. The molecule has 2 N–H and O–H groups in total. The summed E-state index contributed by atoms with van der Waals surface area (Å²) in [5.74, 6) is 0. The van der Waals surface area contributed by atoms with E-state index in [1.165, 1.54) is 0 Å². The van der Waals surface area contributed by atoms with Crippen LogP contribution in [0.3, 0.4) is 0 Å². The van der Waals surface area contributed by atoms with Gasteiger partial charge in [-0.3, -0.25) is 4.98 Å². The smallest absolute Gasteiger partial charge is 0.113 e. The van der Waals surface area contributed by atoms with Crippen molar-refractivity contribution >= 4 is 18.1 Å². The van der Waals surface area contributed by atoms with Crippen LogP contribution < -0.4 is 5.32 Å². The molecule has 0 aliphatic heterocycles. The summed E-state index contributed by atoms with van der Waals surface area (Å²) in [6, 6.07) is 3.64. The van der Waals surface area contributed by atoms with Crippen molar-refractivity contribution in [3.8, 4) is 0 Å². The number of halogens is 1. The van der Waals surface area contributed by atoms with E-state index in [4.69, 9.17) is 5.11 Å². The SMILES string of the molecule is Cl.OCNc1cccnc1. The first-order chi connectivity index (χ1) is 4.43. The molecular formula is C6H9ClN2O. The van der Waals surface area contributed by atoms with Gasteiger partial charge in [-0.2, -0.15) is 0 Å². The first-order valence-corrected chi connectivity index (χ1v) is 2.68. The molecular weight excluding hydrogens is 152 g/mol. The Morgan fingerprint density at radius 3 is 2.90 bits per heavy atom. The van der Waals surface area contributed by atoms with Gasteiger partial charge in [-0.15, -0.1) is 12.4 Å². The maximum absolute atomic E-state index is 8.38. The first kappa shape index (κ1) is 9.20. The fourth-order valence-corrected chi connectivity index (χ4v) is 0.559. The first-order valence-electron chi connectivity index (χ1n) is 2.68.